The van der Waals surface area contributed by atoms with Crippen LogP contribution in [0.25, 0.3) is 0 Å². The van der Waals surface area contributed by atoms with Gasteiger partial charge >= 0.3 is 5.97 Å². The molecule has 5 heteroatoms. The minimum absolute atomic E-state index is 0.525. The number of carbonyl (C=O) groups excluding carboxylic acids is 1. The normalized spacial score (nSPS) is 13.2. The summed E-state index contributed by atoms with van der Waals surface area (Å²) in [5.74, 6) is 4.57. The van der Waals surface area contributed by atoms with Gasteiger partial charge in [-0.2, -0.15) is 0 Å². The highest BCUT2D eigenvalue weighted by molar-refractivity contribution is 5.76. The highest BCUT2D eigenvalue weighted by Gasteiger charge is 2.27. The zero-order chi connectivity index (χ0) is 12.2. The second kappa shape index (κ2) is 5.05. The Hall–Kier alpha value is -1.46. The van der Waals surface area contributed by atoms with Gasteiger partial charge in [0.15, 0.2) is 0 Å². The summed E-state index contributed by atoms with van der Waals surface area (Å²) < 4.78 is 5.17. The molecule has 1 aromatic rings. The first-order valence-corrected chi connectivity index (χ1v) is 4.92. The highest BCUT2D eigenvalue weighted by atomic mass is 16.7. The average Bonchev–Trinajstić information content (AvgIpc) is 2.17. The Balaban J connectivity index is 2.80. The summed E-state index contributed by atoms with van der Waals surface area (Å²) in [6.07, 6.45) is 2.18. The van der Waals surface area contributed by atoms with Crippen molar-refractivity contribution >= 4 is 5.97 Å². The van der Waals surface area contributed by atoms with Crippen LogP contribution in [0.3, 0.4) is 0 Å². The summed E-state index contributed by atoms with van der Waals surface area (Å²) in [4.78, 5) is 20.3. The van der Waals surface area contributed by atoms with Crippen LogP contribution in [0, 0.1) is 0 Å². The number of rotatable bonds is 3. The van der Waals surface area contributed by atoms with Crippen molar-refractivity contribution in [3.05, 3.63) is 30.1 Å². The summed E-state index contributed by atoms with van der Waals surface area (Å²) in [5, 5.41) is 0. The zero-order valence-electron chi connectivity index (χ0n) is 9.64. The van der Waals surface area contributed by atoms with E-state index in [0.717, 1.165) is 0 Å². The largest absolute Gasteiger partial charge is 0.458 e. The zero-order valence-corrected chi connectivity index (χ0v) is 9.64. The van der Waals surface area contributed by atoms with Crippen molar-refractivity contribution in [3.63, 3.8) is 0 Å². The first-order valence-electron chi connectivity index (χ1n) is 4.92. The predicted octanol–water partition coefficient (Wildman–Crippen LogP) is 1.35. The number of carbonyl (C=O) groups is 1. The second-order valence-corrected chi connectivity index (χ2v) is 4.34. The number of hydrogen-bond acceptors (Lipinski definition) is 5. The fourth-order valence-corrected chi connectivity index (χ4v) is 1.16. The quantitative estimate of drug-likeness (QED) is 0.619. The van der Waals surface area contributed by atoms with Gasteiger partial charge in [0.1, 0.15) is 5.60 Å². The molecule has 0 aromatic carbocycles. The van der Waals surface area contributed by atoms with Gasteiger partial charge in [-0.05, 0) is 26.8 Å². The summed E-state index contributed by atoms with van der Waals surface area (Å²) in [6.45, 7) is 5.34. The molecule has 1 heterocycles. The molecular weight excluding hydrogens is 208 g/mol. The number of hydrogen-bond donors (Lipinski definition) is 1. The van der Waals surface area contributed by atoms with Gasteiger partial charge in [-0.15, -0.1) is 0 Å². The van der Waals surface area contributed by atoms with Crippen molar-refractivity contribution < 1.29 is 14.4 Å². The first-order chi connectivity index (χ1) is 7.44. The molecule has 0 bridgehead atoms. The van der Waals surface area contributed by atoms with Crippen molar-refractivity contribution in [1.82, 2.24) is 4.98 Å². The SMILES string of the molecule is CC(C)(C)OC(=O)C(ON)c1cccnc1. The number of nitrogens with two attached hydrogens (primary N) is 1. The number of esters is 1. The number of aromatic nitrogens is 1. The highest BCUT2D eigenvalue weighted by Crippen LogP contribution is 2.19. The van der Waals surface area contributed by atoms with Crippen molar-refractivity contribution in [2.45, 2.75) is 32.5 Å². The van der Waals surface area contributed by atoms with E-state index in [0.29, 0.717) is 5.56 Å². The molecule has 1 atom stereocenters. The second-order valence-electron chi connectivity index (χ2n) is 4.34. The van der Waals surface area contributed by atoms with Crippen molar-refractivity contribution in [2.75, 3.05) is 0 Å². The summed E-state index contributed by atoms with van der Waals surface area (Å²) >= 11 is 0. The molecule has 16 heavy (non-hydrogen) atoms. The van der Waals surface area contributed by atoms with E-state index in [1.54, 1.807) is 39.1 Å². The van der Waals surface area contributed by atoms with Crippen LogP contribution in [0.4, 0.5) is 0 Å². The third-order valence-corrected chi connectivity index (χ3v) is 1.74. The molecule has 0 amide bonds. The van der Waals surface area contributed by atoms with Gasteiger partial charge in [-0.25, -0.2) is 10.7 Å². The first kappa shape index (κ1) is 12.6. The standard InChI is InChI=1S/C11H16N2O3/c1-11(2,3)15-10(14)9(16-12)8-5-4-6-13-7-8/h4-7,9H,12H2,1-3H3. The lowest BCUT2D eigenvalue weighted by Gasteiger charge is -2.22. The van der Waals surface area contributed by atoms with E-state index in [9.17, 15) is 4.79 Å². The molecule has 1 unspecified atom stereocenters. The lowest BCUT2D eigenvalue weighted by molar-refractivity contribution is -0.169. The van der Waals surface area contributed by atoms with Crippen LogP contribution in [0.15, 0.2) is 24.5 Å². The average molecular weight is 224 g/mol. The Labute approximate surface area is 94.5 Å². The lowest BCUT2D eigenvalue weighted by atomic mass is 10.1. The maximum absolute atomic E-state index is 11.7. The number of ether oxygens (including phenoxy) is 1. The van der Waals surface area contributed by atoms with Crippen LogP contribution in [0.5, 0.6) is 0 Å². The molecule has 0 fully saturated rings. The van der Waals surface area contributed by atoms with E-state index in [1.165, 1.54) is 6.20 Å². The molecule has 1 rings (SSSR count). The van der Waals surface area contributed by atoms with Crippen LogP contribution in [0.1, 0.15) is 32.4 Å². The van der Waals surface area contributed by atoms with Crippen LogP contribution >= 0.6 is 0 Å². The van der Waals surface area contributed by atoms with Crippen molar-refractivity contribution in [3.8, 4) is 0 Å². The van der Waals surface area contributed by atoms with Crippen LogP contribution in [-0.2, 0) is 14.4 Å². The van der Waals surface area contributed by atoms with Gasteiger partial charge in [-0.3, -0.25) is 9.82 Å². The minimum atomic E-state index is -0.937. The Morgan fingerprint density at radius 1 is 1.50 bits per heavy atom. The van der Waals surface area contributed by atoms with Crippen LogP contribution < -0.4 is 5.90 Å². The van der Waals surface area contributed by atoms with Crippen LogP contribution in [0.2, 0.25) is 0 Å². The predicted molar refractivity (Wildman–Crippen MR) is 58.1 cm³/mol. The summed E-state index contributed by atoms with van der Waals surface area (Å²) in [6, 6.07) is 3.40. The summed E-state index contributed by atoms with van der Waals surface area (Å²) in [5.41, 5.74) is -0.00459. The third-order valence-electron chi connectivity index (χ3n) is 1.74. The van der Waals surface area contributed by atoms with E-state index in [4.69, 9.17) is 10.6 Å². The molecule has 0 saturated carbocycles. The summed E-state index contributed by atoms with van der Waals surface area (Å²) in [7, 11) is 0. The molecule has 0 spiro atoms. The fourth-order valence-electron chi connectivity index (χ4n) is 1.16. The maximum atomic E-state index is 11.7. The van der Waals surface area contributed by atoms with E-state index in [-0.39, 0.29) is 0 Å². The Bertz CT molecular complexity index is 346. The maximum Gasteiger partial charge on any atom is 0.342 e. The van der Waals surface area contributed by atoms with E-state index in [1.807, 2.05) is 0 Å². The lowest BCUT2D eigenvalue weighted by Crippen LogP contribution is -2.30. The van der Waals surface area contributed by atoms with Gasteiger partial charge in [-0.1, -0.05) is 6.07 Å². The monoisotopic (exact) mass is 224 g/mol. The van der Waals surface area contributed by atoms with Gasteiger partial charge in [0.25, 0.3) is 0 Å². The minimum Gasteiger partial charge on any atom is -0.458 e. The third kappa shape index (κ3) is 3.60. The van der Waals surface area contributed by atoms with Gasteiger partial charge in [0.2, 0.25) is 6.10 Å². The molecule has 1 aromatic heterocycles. The van der Waals surface area contributed by atoms with E-state index in [2.05, 4.69) is 9.82 Å². The van der Waals surface area contributed by atoms with Gasteiger partial charge < -0.3 is 4.74 Å². The molecule has 0 aliphatic rings. The molecule has 0 saturated heterocycles. The molecule has 0 aliphatic carbocycles. The molecule has 0 aliphatic heterocycles. The smallest absolute Gasteiger partial charge is 0.342 e. The Morgan fingerprint density at radius 2 is 2.19 bits per heavy atom. The molecule has 88 valence electrons. The van der Waals surface area contributed by atoms with Gasteiger partial charge in [0, 0.05) is 18.0 Å². The molecular formula is C11H16N2O3. The van der Waals surface area contributed by atoms with E-state index >= 15 is 0 Å². The Morgan fingerprint density at radius 3 is 2.62 bits per heavy atom. The molecule has 0 radical (unpaired) electrons. The topological polar surface area (TPSA) is 74.4 Å². The van der Waals surface area contributed by atoms with Crippen molar-refractivity contribution in [2.24, 2.45) is 5.90 Å². The molecule has 2 N–H and O–H groups in total. The Kier molecular flexibility index (Phi) is 3.98. The van der Waals surface area contributed by atoms with E-state index < -0.39 is 17.7 Å². The van der Waals surface area contributed by atoms with Crippen LogP contribution in [-0.4, -0.2) is 16.6 Å². The fraction of sp³-hybridized carbons (Fsp3) is 0.455. The van der Waals surface area contributed by atoms with Gasteiger partial charge in [0.05, 0.1) is 0 Å². The van der Waals surface area contributed by atoms with Crippen molar-refractivity contribution in [1.29, 1.82) is 0 Å². The number of nitrogens with zero attached hydrogens (tertiary/aromatic N) is 1. The molecule has 5 nitrogen and oxygen atoms in total. The number of pyridine rings is 1.